The van der Waals surface area contributed by atoms with E-state index in [0.29, 0.717) is 0 Å². The monoisotopic (exact) mass is 688 g/mol. The quantitative estimate of drug-likeness (QED) is 0.172. The Morgan fingerprint density at radius 3 is 1.52 bits per heavy atom. The van der Waals surface area contributed by atoms with E-state index >= 15 is 0 Å². The van der Waals surface area contributed by atoms with Crippen molar-refractivity contribution in [3.05, 3.63) is 191 Å². The molecular weight excluding hydrogens is 649 g/mol. The molecule has 1 heterocycles. The molecule has 0 radical (unpaired) electrons. The summed E-state index contributed by atoms with van der Waals surface area (Å²) < 4.78 is 2.71. The van der Waals surface area contributed by atoms with Gasteiger partial charge in [-0.1, -0.05) is 91.0 Å². The number of hydrogen-bond acceptors (Lipinski definition) is 3. The minimum Gasteiger partial charge on any atom is -0.310 e. The Kier molecular flexibility index (Phi) is 7.33. The number of nitrogens with zero attached hydrogens (tertiary/aromatic N) is 2. The molecule has 0 unspecified atom stereocenters. The van der Waals surface area contributed by atoms with Crippen molar-refractivity contribution in [2.24, 2.45) is 0 Å². The molecular formula is C49H40N2S. The zero-order chi connectivity index (χ0) is 34.8. The van der Waals surface area contributed by atoms with Gasteiger partial charge in [0.2, 0.25) is 0 Å². The molecule has 0 saturated heterocycles. The lowest BCUT2D eigenvalue weighted by atomic mass is 9.74. The van der Waals surface area contributed by atoms with E-state index in [2.05, 4.69) is 181 Å². The first-order valence-corrected chi connectivity index (χ1v) is 19.4. The zero-order valence-corrected chi connectivity index (χ0v) is 30.5. The van der Waals surface area contributed by atoms with Crippen LogP contribution in [0.3, 0.4) is 0 Å². The summed E-state index contributed by atoms with van der Waals surface area (Å²) in [6, 6.07) is 58.4. The van der Waals surface area contributed by atoms with Crippen LogP contribution < -0.4 is 9.80 Å². The van der Waals surface area contributed by atoms with Crippen LogP contribution in [0.2, 0.25) is 0 Å². The fourth-order valence-corrected chi connectivity index (χ4v) is 10.8. The number of fused-ring (bicyclic) bond motifs is 7. The number of benzene rings is 7. The topological polar surface area (TPSA) is 6.48 Å². The van der Waals surface area contributed by atoms with Gasteiger partial charge < -0.3 is 9.80 Å². The summed E-state index contributed by atoms with van der Waals surface area (Å²) in [6.45, 7) is 4.60. The molecule has 1 aromatic heterocycles. The van der Waals surface area contributed by atoms with Gasteiger partial charge in [0.1, 0.15) is 0 Å². The van der Waals surface area contributed by atoms with Crippen molar-refractivity contribution in [1.29, 1.82) is 0 Å². The van der Waals surface area contributed by atoms with E-state index in [9.17, 15) is 0 Å². The van der Waals surface area contributed by atoms with Crippen LogP contribution in [-0.2, 0) is 18.3 Å². The molecule has 3 heteroatoms. The number of hydrogen-bond donors (Lipinski definition) is 0. The molecule has 0 amide bonds. The third-order valence-electron chi connectivity index (χ3n) is 11.7. The van der Waals surface area contributed by atoms with Gasteiger partial charge in [-0.3, -0.25) is 0 Å². The van der Waals surface area contributed by atoms with E-state index in [1.54, 1.807) is 0 Å². The molecule has 1 spiro atoms. The number of para-hydroxylation sites is 3. The predicted molar refractivity (Wildman–Crippen MR) is 222 cm³/mol. The standard InChI is InChI=1S/C49H40N2S/c1-33-15-12-26-43-45(33)46-34(2)40(27-28-44(46)52-43)51(39-22-10-5-11-23-39)42-25-14-17-36-30-32-49(48(36)42)31-29-35-16-13-24-41(47(35)49)50(37-18-6-3-7-19-37)38-20-8-4-9-21-38/h3-28H,29-32H2,1-2H3/t49-/m1/s1. The van der Waals surface area contributed by atoms with Gasteiger partial charge in [0.05, 0.1) is 11.4 Å². The third-order valence-corrected chi connectivity index (χ3v) is 12.8. The van der Waals surface area contributed by atoms with Crippen LogP contribution >= 0.6 is 11.3 Å². The van der Waals surface area contributed by atoms with Crippen molar-refractivity contribution in [3.63, 3.8) is 0 Å². The fourth-order valence-electron chi connectivity index (χ4n) is 9.56. The maximum absolute atomic E-state index is 2.58. The van der Waals surface area contributed by atoms with Gasteiger partial charge in [-0.15, -0.1) is 11.3 Å². The number of rotatable bonds is 6. The molecule has 52 heavy (non-hydrogen) atoms. The number of anilines is 6. The van der Waals surface area contributed by atoms with Gasteiger partial charge in [-0.05, 0) is 140 Å². The fraction of sp³-hybridized carbons (Fsp3) is 0.143. The maximum atomic E-state index is 2.58. The molecule has 10 rings (SSSR count). The predicted octanol–water partition coefficient (Wildman–Crippen LogP) is 13.8. The first kappa shape index (κ1) is 31.1. The Hall–Kier alpha value is -5.64. The molecule has 0 N–H and O–H groups in total. The smallest absolute Gasteiger partial charge is 0.0505 e. The van der Waals surface area contributed by atoms with Gasteiger partial charge in [0.15, 0.2) is 0 Å². The molecule has 0 aliphatic heterocycles. The Labute approximate surface area is 310 Å². The Balaban J connectivity index is 1.23. The van der Waals surface area contributed by atoms with Crippen molar-refractivity contribution >= 4 is 65.6 Å². The summed E-state index contributed by atoms with van der Waals surface area (Å²) in [5, 5.41) is 2.77. The van der Waals surface area contributed by atoms with Crippen LogP contribution in [0, 0.1) is 13.8 Å². The van der Waals surface area contributed by atoms with Gasteiger partial charge in [0, 0.05) is 48.3 Å². The van der Waals surface area contributed by atoms with Crippen molar-refractivity contribution in [1.82, 2.24) is 0 Å². The summed E-state index contributed by atoms with van der Waals surface area (Å²) in [5.41, 5.74) is 15.9. The van der Waals surface area contributed by atoms with E-state index in [-0.39, 0.29) is 5.41 Å². The Morgan fingerprint density at radius 2 is 0.942 bits per heavy atom. The second-order valence-corrected chi connectivity index (χ2v) is 15.6. The van der Waals surface area contributed by atoms with Crippen LogP contribution in [0.4, 0.5) is 34.1 Å². The lowest BCUT2D eigenvalue weighted by Crippen LogP contribution is -2.27. The van der Waals surface area contributed by atoms with E-state index in [4.69, 9.17) is 0 Å². The average molecular weight is 689 g/mol. The molecule has 7 aromatic carbocycles. The van der Waals surface area contributed by atoms with Crippen LogP contribution in [0.25, 0.3) is 20.2 Å². The SMILES string of the molecule is Cc1cccc2sc3ccc(N(c4ccccc4)c4cccc5c4[C@]4(CCc6cccc(N(c7ccccc7)c7ccccc7)c64)CC5)c(C)c3c12. The first-order valence-electron chi connectivity index (χ1n) is 18.5. The highest BCUT2D eigenvalue weighted by Crippen LogP contribution is 2.60. The molecule has 8 aromatic rings. The normalized spacial score (nSPS) is 16.0. The molecule has 0 fully saturated rings. The second kappa shape index (κ2) is 12.3. The Morgan fingerprint density at radius 1 is 0.442 bits per heavy atom. The maximum Gasteiger partial charge on any atom is 0.0505 e. The highest BCUT2D eigenvalue weighted by molar-refractivity contribution is 7.25. The van der Waals surface area contributed by atoms with Crippen molar-refractivity contribution in [2.45, 2.75) is 44.9 Å². The van der Waals surface area contributed by atoms with E-state index in [0.717, 1.165) is 25.7 Å². The minimum atomic E-state index is -0.115. The van der Waals surface area contributed by atoms with Crippen molar-refractivity contribution in [2.75, 3.05) is 9.80 Å². The summed E-state index contributed by atoms with van der Waals surface area (Å²) >= 11 is 1.91. The van der Waals surface area contributed by atoms with E-state index < -0.39 is 0 Å². The lowest BCUT2D eigenvalue weighted by molar-refractivity contribution is 0.508. The van der Waals surface area contributed by atoms with Gasteiger partial charge in [-0.25, -0.2) is 0 Å². The highest BCUT2D eigenvalue weighted by Gasteiger charge is 2.49. The molecule has 2 nitrogen and oxygen atoms in total. The molecule has 2 aliphatic rings. The largest absolute Gasteiger partial charge is 0.310 e. The summed E-state index contributed by atoms with van der Waals surface area (Å²) in [4.78, 5) is 5.07. The summed E-state index contributed by atoms with van der Waals surface area (Å²) in [6.07, 6.45) is 4.36. The van der Waals surface area contributed by atoms with Gasteiger partial charge >= 0.3 is 0 Å². The average Bonchev–Trinajstić information content (AvgIpc) is 3.89. The van der Waals surface area contributed by atoms with E-state index in [1.165, 1.54) is 87.7 Å². The van der Waals surface area contributed by atoms with E-state index in [1.807, 2.05) is 11.3 Å². The molecule has 1 atom stereocenters. The molecule has 2 aliphatic carbocycles. The number of thiophene rings is 1. The van der Waals surface area contributed by atoms with Crippen molar-refractivity contribution in [3.8, 4) is 0 Å². The van der Waals surface area contributed by atoms with Gasteiger partial charge in [0.25, 0.3) is 0 Å². The Bertz CT molecular complexity index is 2560. The summed E-state index contributed by atoms with van der Waals surface area (Å²) in [5.74, 6) is 0. The lowest BCUT2D eigenvalue weighted by Gasteiger charge is -2.37. The van der Waals surface area contributed by atoms with Gasteiger partial charge in [-0.2, -0.15) is 0 Å². The first-order chi connectivity index (χ1) is 25.6. The highest BCUT2D eigenvalue weighted by atomic mass is 32.1. The van der Waals surface area contributed by atoms with Crippen molar-refractivity contribution < 1.29 is 0 Å². The third kappa shape index (κ3) is 4.69. The number of aryl methyl sites for hydroxylation is 4. The van der Waals surface area contributed by atoms with Crippen LogP contribution in [0.15, 0.2) is 158 Å². The molecule has 0 bridgehead atoms. The second-order valence-electron chi connectivity index (χ2n) is 14.5. The zero-order valence-electron chi connectivity index (χ0n) is 29.6. The molecule has 252 valence electrons. The molecule has 0 saturated carbocycles. The summed E-state index contributed by atoms with van der Waals surface area (Å²) in [7, 11) is 0. The minimum absolute atomic E-state index is 0.115. The van der Waals surface area contributed by atoms with Crippen LogP contribution in [0.5, 0.6) is 0 Å². The van der Waals surface area contributed by atoms with Crippen LogP contribution in [0.1, 0.15) is 46.2 Å². The van der Waals surface area contributed by atoms with Crippen LogP contribution in [-0.4, -0.2) is 0 Å².